The summed E-state index contributed by atoms with van der Waals surface area (Å²) in [5.41, 5.74) is 6.32. The lowest BCUT2D eigenvalue weighted by Gasteiger charge is -2.39. The van der Waals surface area contributed by atoms with E-state index < -0.39 is 23.8 Å². The number of aromatic nitrogens is 1. The van der Waals surface area contributed by atoms with E-state index in [0.29, 0.717) is 32.0 Å². The number of pyridine rings is 1. The molecule has 7 nitrogen and oxygen atoms in total. The van der Waals surface area contributed by atoms with Crippen LogP contribution in [0.1, 0.15) is 63.0 Å². The summed E-state index contributed by atoms with van der Waals surface area (Å²) in [6, 6.07) is 0.273. The number of nitrogen functional groups attached to an aromatic ring is 1. The SMILES string of the molecule is C#C.C=CC(=O)N1CCCC2=C(NC)CCN(C(=O)c3cnc(C(F)(F)F)cc3N)C2C1.CC.CC. The second kappa shape index (κ2) is 15.5. The number of anilines is 1. The molecule has 1 aromatic heterocycles. The first kappa shape index (κ1) is 32.5. The molecule has 1 saturated heterocycles. The molecule has 36 heavy (non-hydrogen) atoms. The number of hydrogen-bond donors (Lipinski definition) is 2. The van der Waals surface area contributed by atoms with Crippen molar-refractivity contribution in [1.29, 1.82) is 0 Å². The van der Waals surface area contributed by atoms with E-state index in [1.54, 1.807) is 9.80 Å². The normalized spacial score (nSPS) is 16.9. The van der Waals surface area contributed by atoms with Crippen LogP contribution in [0.25, 0.3) is 0 Å². The zero-order valence-corrected chi connectivity index (χ0v) is 21.8. The van der Waals surface area contributed by atoms with Crippen LogP contribution in [0, 0.1) is 12.8 Å². The van der Waals surface area contributed by atoms with E-state index in [9.17, 15) is 22.8 Å². The second-order valence-corrected chi connectivity index (χ2v) is 7.26. The van der Waals surface area contributed by atoms with Crippen LogP contribution >= 0.6 is 0 Å². The number of rotatable bonds is 3. The molecule has 2 amide bonds. The molecule has 2 aliphatic heterocycles. The van der Waals surface area contributed by atoms with Gasteiger partial charge in [0, 0.05) is 50.7 Å². The summed E-state index contributed by atoms with van der Waals surface area (Å²) in [6.07, 6.45) is 7.48. The van der Waals surface area contributed by atoms with E-state index in [1.807, 2.05) is 34.7 Å². The van der Waals surface area contributed by atoms with Gasteiger partial charge in [-0.05, 0) is 30.6 Å². The molecule has 1 fully saturated rings. The summed E-state index contributed by atoms with van der Waals surface area (Å²) in [5, 5.41) is 3.18. The Hall–Kier alpha value is -3.48. The molecule has 0 saturated carbocycles. The molecule has 0 radical (unpaired) electrons. The molecule has 0 aliphatic carbocycles. The fraction of sp³-hybridized carbons (Fsp3) is 0.500. The average molecular weight is 510 g/mol. The third-order valence-electron chi connectivity index (χ3n) is 5.54. The highest BCUT2D eigenvalue weighted by molar-refractivity contribution is 5.99. The highest BCUT2D eigenvalue weighted by Gasteiger charge is 2.38. The maximum Gasteiger partial charge on any atom is 0.433 e. The number of terminal acetylenes is 1. The fourth-order valence-electron chi connectivity index (χ4n) is 4.04. The van der Waals surface area contributed by atoms with Crippen LogP contribution < -0.4 is 11.1 Å². The van der Waals surface area contributed by atoms with E-state index in [0.717, 1.165) is 23.9 Å². The summed E-state index contributed by atoms with van der Waals surface area (Å²) < 4.78 is 38.7. The van der Waals surface area contributed by atoms with Gasteiger partial charge in [-0.1, -0.05) is 34.3 Å². The van der Waals surface area contributed by atoms with Crippen LogP contribution in [0.3, 0.4) is 0 Å². The summed E-state index contributed by atoms with van der Waals surface area (Å²) >= 11 is 0. The lowest BCUT2D eigenvalue weighted by Crippen LogP contribution is -2.51. The zero-order chi connectivity index (χ0) is 28.1. The minimum absolute atomic E-state index is 0.0823. The number of hydrogen-bond acceptors (Lipinski definition) is 5. The molecule has 3 heterocycles. The second-order valence-electron chi connectivity index (χ2n) is 7.26. The predicted molar refractivity (Wildman–Crippen MR) is 138 cm³/mol. The molecule has 3 N–H and O–H groups in total. The fourth-order valence-corrected chi connectivity index (χ4v) is 4.04. The van der Waals surface area contributed by atoms with Gasteiger partial charge >= 0.3 is 6.18 Å². The van der Waals surface area contributed by atoms with Crippen molar-refractivity contribution in [3.05, 3.63) is 47.4 Å². The topological polar surface area (TPSA) is 91.6 Å². The van der Waals surface area contributed by atoms with Crippen molar-refractivity contribution in [3.8, 4) is 12.8 Å². The molecule has 1 atom stereocenters. The highest BCUT2D eigenvalue weighted by atomic mass is 19.4. The lowest BCUT2D eigenvalue weighted by atomic mass is 9.93. The molecule has 1 aromatic rings. The van der Waals surface area contributed by atoms with Crippen LogP contribution in [0.2, 0.25) is 0 Å². The van der Waals surface area contributed by atoms with Crippen LogP contribution in [-0.4, -0.2) is 59.3 Å². The van der Waals surface area contributed by atoms with Gasteiger partial charge < -0.3 is 20.9 Å². The predicted octanol–water partition coefficient (Wildman–Crippen LogP) is 4.48. The number of halogens is 3. The van der Waals surface area contributed by atoms with E-state index in [-0.39, 0.29) is 23.7 Å². The Labute approximate surface area is 212 Å². The van der Waals surface area contributed by atoms with Crippen molar-refractivity contribution in [2.45, 2.75) is 59.2 Å². The Kier molecular flexibility index (Phi) is 14.0. The number of likely N-dealkylation sites (tertiary alicyclic amines) is 1. The third-order valence-corrected chi connectivity index (χ3v) is 5.54. The first-order valence-corrected chi connectivity index (χ1v) is 12.0. The number of nitrogens with two attached hydrogens (primary N) is 1. The van der Waals surface area contributed by atoms with Crippen LogP contribution in [-0.2, 0) is 11.0 Å². The highest BCUT2D eigenvalue weighted by Crippen LogP contribution is 2.33. The van der Waals surface area contributed by atoms with E-state index in [2.05, 4.69) is 29.7 Å². The maximum absolute atomic E-state index is 13.2. The Bertz CT molecular complexity index is 941. The van der Waals surface area contributed by atoms with Gasteiger partial charge in [0.1, 0.15) is 5.69 Å². The summed E-state index contributed by atoms with van der Waals surface area (Å²) in [6.45, 7) is 12.7. The average Bonchev–Trinajstić information content (AvgIpc) is 3.13. The molecule has 0 aromatic carbocycles. The van der Waals surface area contributed by atoms with Gasteiger partial charge in [-0.3, -0.25) is 14.6 Å². The first-order chi connectivity index (χ1) is 17.2. The van der Waals surface area contributed by atoms with Gasteiger partial charge in [0.05, 0.1) is 11.6 Å². The Morgan fingerprint density at radius 2 is 1.81 bits per heavy atom. The number of amides is 2. The lowest BCUT2D eigenvalue weighted by molar-refractivity contribution is -0.141. The van der Waals surface area contributed by atoms with Crippen molar-refractivity contribution in [2.24, 2.45) is 0 Å². The summed E-state index contributed by atoms with van der Waals surface area (Å²) in [5.74, 6) is -0.727. The van der Waals surface area contributed by atoms with Gasteiger partial charge in [0.15, 0.2) is 0 Å². The number of fused-ring (bicyclic) bond motifs is 1. The van der Waals surface area contributed by atoms with Gasteiger partial charge in [-0.15, -0.1) is 12.8 Å². The molecule has 0 spiro atoms. The summed E-state index contributed by atoms with van der Waals surface area (Å²) in [4.78, 5) is 32.1. The minimum atomic E-state index is -4.65. The number of nitrogens with one attached hydrogen (secondary N) is 1. The molecule has 10 heteroatoms. The molecule has 0 bridgehead atoms. The van der Waals surface area contributed by atoms with Gasteiger partial charge in [-0.2, -0.15) is 13.2 Å². The van der Waals surface area contributed by atoms with Crippen molar-refractivity contribution in [3.63, 3.8) is 0 Å². The zero-order valence-electron chi connectivity index (χ0n) is 21.8. The third kappa shape index (κ3) is 7.77. The Morgan fingerprint density at radius 3 is 2.31 bits per heavy atom. The molecular formula is C26H38F3N5O2. The van der Waals surface area contributed by atoms with Gasteiger partial charge in [0.2, 0.25) is 5.91 Å². The smallest absolute Gasteiger partial charge is 0.398 e. The number of nitrogens with zero attached hydrogens (tertiary/aromatic N) is 3. The largest absolute Gasteiger partial charge is 0.433 e. The van der Waals surface area contributed by atoms with E-state index >= 15 is 0 Å². The van der Waals surface area contributed by atoms with Crippen LogP contribution in [0.4, 0.5) is 18.9 Å². The molecule has 1 unspecified atom stereocenters. The minimum Gasteiger partial charge on any atom is -0.398 e. The van der Waals surface area contributed by atoms with Crippen LogP contribution in [0.5, 0.6) is 0 Å². The molecule has 200 valence electrons. The van der Waals surface area contributed by atoms with Crippen LogP contribution in [0.15, 0.2) is 36.2 Å². The first-order valence-electron chi connectivity index (χ1n) is 12.0. The van der Waals surface area contributed by atoms with E-state index in [1.165, 1.54) is 6.08 Å². The molecule has 2 aliphatic rings. The van der Waals surface area contributed by atoms with Crippen molar-refractivity contribution < 1.29 is 22.8 Å². The van der Waals surface area contributed by atoms with Crippen molar-refractivity contribution in [1.82, 2.24) is 20.1 Å². The summed E-state index contributed by atoms with van der Waals surface area (Å²) in [7, 11) is 1.81. The number of carbonyl (C=O) groups is 2. The van der Waals surface area contributed by atoms with E-state index in [4.69, 9.17) is 5.73 Å². The molecular weight excluding hydrogens is 471 g/mol. The maximum atomic E-state index is 13.2. The molecule has 3 rings (SSSR count). The van der Waals surface area contributed by atoms with Gasteiger partial charge in [-0.25, -0.2) is 0 Å². The standard InChI is InChI=1S/C20H24F3N5O2.2C2H6.C2H2/c1-3-18(29)27-7-4-5-12-15(25-2)6-8-28(16(12)11-27)19(30)13-10-26-17(9-14(13)24)20(21,22)23;3*1-2/h3,9-10,16,25H,1,4-8,11H2,2H3,(H2,24,26);2*1-2H3;1-2H. The Morgan fingerprint density at radius 1 is 1.19 bits per heavy atom. The monoisotopic (exact) mass is 509 g/mol. The van der Waals surface area contributed by atoms with Gasteiger partial charge in [0.25, 0.3) is 5.91 Å². The quantitative estimate of drug-likeness (QED) is 0.463. The van der Waals surface area contributed by atoms with Crippen molar-refractivity contribution >= 4 is 17.5 Å². The number of carbonyl (C=O) groups excluding carboxylic acids is 2. The van der Waals surface area contributed by atoms with Crippen molar-refractivity contribution in [2.75, 3.05) is 32.4 Å². The Balaban J connectivity index is 0.00000190. The number of alkyl halides is 3.